The summed E-state index contributed by atoms with van der Waals surface area (Å²) in [6.07, 6.45) is 0. The third-order valence-corrected chi connectivity index (χ3v) is 3.77. The number of carbonyl (C=O) groups excluding carboxylic acids is 1. The number of carbonyl (C=O) groups is 1. The molecule has 1 amide bonds. The van der Waals surface area contributed by atoms with Crippen LogP contribution in [0.1, 0.15) is 16.1 Å². The second kappa shape index (κ2) is 7.27. The number of hydrogen-bond acceptors (Lipinski definition) is 4. The van der Waals surface area contributed by atoms with Crippen molar-refractivity contribution in [1.82, 2.24) is 4.90 Å². The van der Waals surface area contributed by atoms with E-state index in [4.69, 9.17) is 4.42 Å². The molecule has 128 valence electrons. The van der Waals surface area contributed by atoms with Crippen molar-refractivity contribution < 1.29 is 18.7 Å². The summed E-state index contributed by atoms with van der Waals surface area (Å²) in [5.74, 6) is -1.21. The van der Waals surface area contributed by atoms with E-state index in [2.05, 4.69) is 0 Å². The molecule has 0 unspecified atom stereocenters. The van der Waals surface area contributed by atoms with Gasteiger partial charge in [0.2, 0.25) is 0 Å². The lowest BCUT2D eigenvalue weighted by molar-refractivity contribution is 0.0676. The van der Waals surface area contributed by atoms with E-state index in [1.54, 1.807) is 0 Å². The Morgan fingerprint density at radius 1 is 1.12 bits per heavy atom. The van der Waals surface area contributed by atoms with E-state index in [0.29, 0.717) is 0 Å². The fourth-order valence-electron chi connectivity index (χ4n) is 2.57. The molecule has 0 saturated carbocycles. The summed E-state index contributed by atoms with van der Waals surface area (Å²) in [6.45, 7) is 0.145. The third-order valence-electron chi connectivity index (χ3n) is 3.77. The van der Waals surface area contributed by atoms with Gasteiger partial charge in [0.25, 0.3) is 5.91 Å². The molecule has 0 aliphatic carbocycles. The van der Waals surface area contributed by atoms with Crippen molar-refractivity contribution >= 4 is 16.9 Å². The van der Waals surface area contributed by atoms with Crippen LogP contribution >= 0.6 is 0 Å². The van der Waals surface area contributed by atoms with Crippen molar-refractivity contribution in [2.24, 2.45) is 0 Å². The smallest absolute Gasteiger partial charge is 0.290 e. The van der Waals surface area contributed by atoms with Crippen molar-refractivity contribution in [2.45, 2.75) is 6.54 Å². The van der Waals surface area contributed by atoms with Crippen LogP contribution in [0.4, 0.5) is 4.39 Å². The van der Waals surface area contributed by atoms with Gasteiger partial charge >= 0.3 is 0 Å². The van der Waals surface area contributed by atoms with Gasteiger partial charge in [-0.25, -0.2) is 4.39 Å². The topological polar surface area (TPSA) is 70.8 Å². The Bertz CT molecular complexity index is 953. The van der Waals surface area contributed by atoms with Gasteiger partial charge in [-0.05, 0) is 23.8 Å². The fraction of sp³-hybridized carbons (Fsp3) is 0.158. The van der Waals surface area contributed by atoms with Crippen LogP contribution in [0.2, 0.25) is 0 Å². The normalized spacial score (nSPS) is 10.8. The van der Waals surface area contributed by atoms with Crippen LogP contribution < -0.4 is 5.43 Å². The average Bonchev–Trinajstić information content (AvgIpc) is 2.62. The molecule has 2 aromatic carbocycles. The first-order valence-corrected chi connectivity index (χ1v) is 7.76. The van der Waals surface area contributed by atoms with Crippen LogP contribution in [0, 0.1) is 5.82 Å². The Labute approximate surface area is 142 Å². The molecule has 0 saturated heterocycles. The van der Waals surface area contributed by atoms with Crippen LogP contribution in [0.5, 0.6) is 0 Å². The molecule has 6 heteroatoms. The van der Waals surface area contributed by atoms with Gasteiger partial charge in [-0.3, -0.25) is 9.59 Å². The number of nitrogens with zero attached hydrogens (tertiary/aromatic N) is 1. The lowest BCUT2D eigenvalue weighted by Crippen LogP contribution is -2.33. The van der Waals surface area contributed by atoms with E-state index in [1.165, 1.54) is 11.0 Å². The minimum atomic E-state index is -0.551. The zero-order valence-electron chi connectivity index (χ0n) is 13.3. The largest absolute Gasteiger partial charge is 0.451 e. The number of fused-ring (bicyclic) bond motifs is 1. The summed E-state index contributed by atoms with van der Waals surface area (Å²) in [5, 5.41) is 9.32. The Balaban J connectivity index is 1.95. The first kappa shape index (κ1) is 16.9. The van der Waals surface area contributed by atoms with E-state index in [0.717, 1.165) is 23.8 Å². The molecule has 0 aliphatic rings. The monoisotopic (exact) mass is 341 g/mol. The molecule has 0 bridgehead atoms. The lowest BCUT2D eigenvalue weighted by Gasteiger charge is -2.21. The number of benzene rings is 2. The molecular formula is C19H16FNO4. The molecule has 1 N–H and O–H groups in total. The highest BCUT2D eigenvalue weighted by molar-refractivity contribution is 5.93. The van der Waals surface area contributed by atoms with Crippen molar-refractivity contribution in [3.8, 4) is 0 Å². The number of hydrogen-bond donors (Lipinski definition) is 1. The minimum Gasteiger partial charge on any atom is -0.451 e. The second-order valence-corrected chi connectivity index (χ2v) is 5.55. The molecule has 1 heterocycles. The van der Waals surface area contributed by atoms with Crippen molar-refractivity contribution in [3.05, 3.63) is 82.0 Å². The Kier molecular flexibility index (Phi) is 4.90. The standard InChI is InChI=1S/C19H16FNO4/c20-14-6-7-17-15(10-14)16(23)11-18(25-17)19(24)21(8-9-22)12-13-4-2-1-3-5-13/h1-7,10-11,22H,8-9,12H2. The van der Waals surface area contributed by atoms with Crippen LogP contribution in [-0.4, -0.2) is 29.1 Å². The summed E-state index contributed by atoms with van der Waals surface area (Å²) in [7, 11) is 0. The molecule has 3 rings (SSSR count). The molecule has 0 radical (unpaired) electrons. The highest BCUT2D eigenvalue weighted by Gasteiger charge is 2.20. The summed E-state index contributed by atoms with van der Waals surface area (Å²) in [4.78, 5) is 26.3. The maximum Gasteiger partial charge on any atom is 0.290 e. The van der Waals surface area contributed by atoms with Crippen LogP contribution in [0.25, 0.3) is 11.0 Å². The van der Waals surface area contributed by atoms with E-state index >= 15 is 0 Å². The maximum absolute atomic E-state index is 13.3. The van der Waals surface area contributed by atoms with E-state index < -0.39 is 17.2 Å². The Morgan fingerprint density at radius 3 is 2.60 bits per heavy atom. The molecule has 0 fully saturated rings. The molecular weight excluding hydrogens is 325 g/mol. The number of rotatable bonds is 5. The molecule has 0 aliphatic heterocycles. The first-order valence-electron chi connectivity index (χ1n) is 7.76. The summed E-state index contributed by atoms with van der Waals surface area (Å²) in [6, 6.07) is 13.9. The predicted molar refractivity (Wildman–Crippen MR) is 90.7 cm³/mol. The quantitative estimate of drug-likeness (QED) is 0.774. The highest BCUT2D eigenvalue weighted by Crippen LogP contribution is 2.16. The van der Waals surface area contributed by atoms with E-state index in [9.17, 15) is 19.1 Å². The average molecular weight is 341 g/mol. The summed E-state index contributed by atoms with van der Waals surface area (Å²) < 4.78 is 18.7. The van der Waals surface area contributed by atoms with Crippen LogP contribution in [0.15, 0.2) is 63.8 Å². The summed E-state index contributed by atoms with van der Waals surface area (Å²) >= 11 is 0. The predicted octanol–water partition coefficient (Wildman–Crippen LogP) is 2.57. The Morgan fingerprint density at radius 2 is 1.88 bits per heavy atom. The van der Waals surface area contributed by atoms with Crippen LogP contribution in [-0.2, 0) is 6.54 Å². The van der Waals surface area contributed by atoms with Gasteiger partial charge in [0.15, 0.2) is 11.2 Å². The van der Waals surface area contributed by atoms with Gasteiger partial charge < -0.3 is 14.4 Å². The van der Waals surface area contributed by atoms with Gasteiger partial charge in [0.1, 0.15) is 11.4 Å². The van der Waals surface area contributed by atoms with Gasteiger partial charge in [0.05, 0.1) is 12.0 Å². The zero-order valence-corrected chi connectivity index (χ0v) is 13.3. The summed E-state index contributed by atoms with van der Waals surface area (Å²) in [5.41, 5.74) is 0.531. The lowest BCUT2D eigenvalue weighted by atomic mass is 10.2. The van der Waals surface area contributed by atoms with Gasteiger partial charge in [-0.15, -0.1) is 0 Å². The zero-order chi connectivity index (χ0) is 17.8. The van der Waals surface area contributed by atoms with Crippen molar-refractivity contribution in [2.75, 3.05) is 13.2 Å². The second-order valence-electron chi connectivity index (χ2n) is 5.55. The fourth-order valence-corrected chi connectivity index (χ4v) is 2.57. The molecule has 1 aromatic heterocycles. The minimum absolute atomic E-state index is 0.0771. The van der Waals surface area contributed by atoms with Gasteiger partial charge in [-0.2, -0.15) is 0 Å². The number of amides is 1. The number of halogens is 1. The highest BCUT2D eigenvalue weighted by atomic mass is 19.1. The van der Waals surface area contributed by atoms with E-state index in [-0.39, 0.29) is 36.4 Å². The first-order chi connectivity index (χ1) is 12.1. The number of aliphatic hydroxyl groups is 1. The van der Waals surface area contributed by atoms with Crippen molar-refractivity contribution in [3.63, 3.8) is 0 Å². The maximum atomic E-state index is 13.3. The molecule has 3 aromatic rings. The van der Waals surface area contributed by atoms with E-state index in [1.807, 2.05) is 30.3 Å². The number of aliphatic hydroxyl groups excluding tert-OH is 1. The molecule has 5 nitrogen and oxygen atoms in total. The van der Waals surface area contributed by atoms with Crippen LogP contribution in [0.3, 0.4) is 0 Å². The Hall–Kier alpha value is -2.99. The van der Waals surface area contributed by atoms with Gasteiger partial charge in [-0.1, -0.05) is 30.3 Å². The molecule has 25 heavy (non-hydrogen) atoms. The van der Waals surface area contributed by atoms with Crippen molar-refractivity contribution in [1.29, 1.82) is 0 Å². The SMILES string of the molecule is O=C(c1cc(=O)c2cc(F)ccc2o1)N(CCO)Cc1ccccc1. The molecule has 0 spiro atoms. The third kappa shape index (κ3) is 3.75. The molecule has 0 atom stereocenters. The van der Waals surface area contributed by atoms with Gasteiger partial charge in [0, 0.05) is 19.2 Å².